The van der Waals surface area contributed by atoms with Gasteiger partial charge in [0.15, 0.2) is 32.8 Å². The number of rotatable bonds is 19. The first-order chi connectivity index (χ1) is 28.3. The van der Waals surface area contributed by atoms with E-state index in [1.165, 1.54) is 0 Å². The van der Waals surface area contributed by atoms with Crippen LogP contribution in [0.3, 0.4) is 0 Å². The molecule has 0 radical (unpaired) electrons. The van der Waals surface area contributed by atoms with Crippen molar-refractivity contribution >= 4 is 26.5 Å². The van der Waals surface area contributed by atoms with Gasteiger partial charge in [-0.25, -0.2) is 8.42 Å². The number of hydrogen-bond acceptors (Lipinski definition) is 10. The van der Waals surface area contributed by atoms with Gasteiger partial charge in [0.25, 0.3) is 0 Å². The molecule has 4 saturated heterocycles. The molecule has 4 heterocycles. The van der Waals surface area contributed by atoms with Gasteiger partial charge in [-0.15, -0.1) is 0 Å². The quantitative estimate of drug-likeness (QED) is 0.0984. The fourth-order valence-electron chi connectivity index (χ4n) is 8.77. The maximum absolute atomic E-state index is 14.2. The Balaban J connectivity index is 1.35. The average molecular weight is 907 g/mol. The monoisotopic (exact) mass is 907 g/mol. The zero-order valence-electron chi connectivity index (χ0n) is 40.1. The third-order valence-electron chi connectivity index (χ3n) is 14.8. The molecule has 10 nitrogen and oxygen atoms in total. The molecule has 61 heavy (non-hydrogen) atoms. The van der Waals surface area contributed by atoms with E-state index in [1.807, 2.05) is 19.1 Å². The lowest BCUT2D eigenvalue weighted by Crippen LogP contribution is -2.49. The zero-order chi connectivity index (χ0) is 45.1. The van der Waals surface area contributed by atoms with Crippen LogP contribution in [0.4, 0.5) is 0 Å². The lowest BCUT2D eigenvalue weighted by molar-refractivity contribution is -0.0791. The van der Waals surface area contributed by atoms with Crippen molar-refractivity contribution < 1.29 is 45.7 Å². The standard InChI is InChI=1S/C48H82O10SSi2/c1-32-16-20-39(21-17-32)59(49,50)31-40-43(57-44(46(40)51-11)28-38(58-61(14,15)48(8,9)10)30-54-60(12,13)47(5,6)7)29-42-35(4)33(2)26-36(56-42)18-22-41-34(3)27-37(55-41)19-23-45-52-24-25-53-45/h16-17,20-21,33,36-38,40-46H,3-4,18-19,22-31H2,1-2,5-15H3/t33-,36+,37+,38+,40+,41+,42-,43+,44-,46-/m1/s1. The predicted molar refractivity (Wildman–Crippen MR) is 249 cm³/mol. The second-order valence-corrected chi connectivity index (χ2v) is 33.2. The van der Waals surface area contributed by atoms with E-state index < -0.39 is 50.7 Å². The fraction of sp³-hybridized carbons (Fsp3) is 0.792. The minimum Gasteiger partial charge on any atom is -0.414 e. The number of ether oxygens (including phenoxy) is 6. The molecular weight excluding hydrogens is 825 g/mol. The summed E-state index contributed by atoms with van der Waals surface area (Å²) in [4.78, 5) is 0.308. The first-order valence-electron chi connectivity index (χ1n) is 23.0. The summed E-state index contributed by atoms with van der Waals surface area (Å²) in [5, 5.41) is 0.0172. The van der Waals surface area contributed by atoms with Crippen LogP contribution in [0.25, 0.3) is 0 Å². The molecular formula is C48H82O10SSi2. The molecule has 1 aromatic carbocycles. The minimum atomic E-state index is -3.70. The zero-order valence-corrected chi connectivity index (χ0v) is 42.9. The van der Waals surface area contributed by atoms with Crippen LogP contribution >= 0.6 is 0 Å². The lowest BCUT2D eigenvalue weighted by atomic mass is 9.83. The van der Waals surface area contributed by atoms with Crippen LogP contribution in [-0.4, -0.2) is 113 Å². The highest BCUT2D eigenvalue weighted by atomic mass is 32.2. The molecule has 4 aliphatic rings. The first kappa shape index (κ1) is 50.8. The van der Waals surface area contributed by atoms with Crippen LogP contribution in [0.1, 0.15) is 105 Å². The van der Waals surface area contributed by atoms with Crippen molar-refractivity contribution in [3.8, 4) is 0 Å². The Morgan fingerprint density at radius 3 is 2.03 bits per heavy atom. The van der Waals surface area contributed by atoms with Crippen molar-refractivity contribution in [1.29, 1.82) is 0 Å². The van der Waals surface area contributed by atoms with Gasteiger partial charge in [-0.05, 0) is 104 Å². The van der Waals surface area contributed by atoms with E-state index >= 15 is 0 Å². The molecule has 10 atom stereocenters. The summed E-state index contributed by atoms with van der Waals surface area (Å²) in [5.41, 5.74) is 3.17. The Kier molecular flexibility index (Phi) is 17.1. The second-order valence-electron chi connectivity index (χ2n) is 21.6. The molecule has 0 amide bonds. The summed E-state index contributed by atoms with van der Waals surface area (Å²) in [7, 11) is -6.38. The van der Waals surface area contributed by atoms with E-state index in [1.54, 1.807) is 19.2 Å². The Hall–Kier alpha value is -1.24. The Labute approximate surface area is 372 Å². The van der Waals surface area contributed by atoms with Gasteiger partial charge >= 0.3 is 0 Å². The van der Waals surface area contributed by atoms with Crippen molar-refractivity contribution in [2.24, 2.45) is 11.8 Å². The van der Waals surface area contributed by atoms with Crippen LogP contribution in [0.5, 0.6) is 0 Å². The molecule has 4 aliphatic heterocycles. The number of benzene rings is 1. The maximum Gasteiger partial charge on any atom is 0.192 e. The third kappa shape index (κ3) is 13.2. The first-order valence-corrected chi connectivity index (χ1v) is 30.5. The highest BCUT2D eigenvalue weighted by molar-refractivity contribution is 7.91. The van der Waals surface area contributed by atoms with E-state index in [9.17, 15) is 8.42 Å². The van der Waals surface area contributed by atoms with Gasteiger partial charge < -0.3 is 37.3 Å². The Bertz CT molecular complexity index is 1710. The predicted octanol–water partition coefficient (Wildman–Crippen LogP) is 10.4. The van der Waals surface area contributed by atoms with Crippen molar-refractivity contribution in [3.05, 3.63) is 54.1 Å². The Morgan fingerprint density at radius 2 is 1.43 bits per heavy atom. The fourth-order valence-corrected chi connectivity index (χ4v) is 12.8. The number of aryl methyl sites for hydroxylation is 1. The van der Waals surface area contributed by atoms with E-state index in [4.69, 9.17) is 37.3 Å². The van der Waals surface area contributed by atoms with E-state index in [0.29, 0.717) is 37.6 Å². The summed E-state index contributed by atoms with van der Waals surface area (Å²) in [6.07, 6.45) is 4.20. The second kappa shape index (κ2) is 20.5. The lowest BCUT2D eigenvalue weighted by Gasteiger charge is -2.42. The van der Waals surface area contributed by atoms with Gasteiger partial charge in [-0.2, -0.15) is 0 Å². The molecule has 0 unspecified atom stereocenters. The normalized spacial score (nSPS) is 30.4. The van der Waals surface area contributed by atoms with Gasteiger partial charge in [-0.3, -0.25) is 0 Å². The van der Waals surface area contributed by atoms with Crippen molar-refractivity contribution in [2.45, 2.75) is 203 Å². The minimum absolute atomic E-state index is 0.00116. The summed E-state index contributed by atoms with van der Waals surface area (Å²) in [6, 6.07) is 7.12. The summed E-state index contributed by atoms with van der Waals surface area (Å²) in [6.45, 7) is 37.4. The molecule has 348 valence electrons. The van der Waals surface area contributed by atoms with E-state index in [2.05, 4.69) is 87.8 Å². The molecule has 1 aromatic rings. The molecule has 13 heteroatoms. The van der Waals surface area contributed by atoms with Crippen LogP contribution in [-0.2, 0) is 47.1 Å². The van der Waals surface area contributed by atoms with Gasteiger partial charge in [0.2, 0.25) is 0 Å². The SMILES string of the molecule is C=C1C[C@H](CCC2OCCO2)O[C@H]1CC[C@H]1C[C@@H](C)C(=C)[C@@H](C[C@@H]2O[C@H](C[C@@H](CO[Si](C)(C)C(C)(C)C)O[Si](C)(C)C(C)(C)C)[C@H](OC)[C@H]2CS(=O)(=O)c2ccc(C)cc2)O1. The van der Waals surface area contributed by atoms with Crippen LogP contribution in [0.2, 0.25) is 36.3 Å². The van der Waals surface area contributed by atoms with E-state index in [-0.39, 0.29) is 58.6 Å². The number of sulfone groups is 1. The summed E-state index contributed by atoms with van der Waals surface area (Å²) >= 11 is 0. The van der Waals surface area contributed by atoms with Crippen LogP contribution in [0.15, 0.2) is 53.5 Å². The van der Waals surface area contributed by atoms with Gasteiger partial charge in [-0.1, -0.05) is 79.3 Å². The van der Waals surface area contributed by atoms with Crippen molar-refractivity contribution in [2.75, 3.05) is 32.7 Å². The van der Waals surface area contributed by atoms with Crippen molar-refractivity contribution in [3.63, 3.8) is 0 Å². The maximum atomic E-state index is 14.2. The van der Waals surface area contributed by atoms with Crippen LogP contribution in [0, 0.1) is 18.8 Å². The molecule has 4 fully saturated rings. The number of hydrogen-bond donors (Lipinski definition) is 0. The smallest absolute Gasteiger partial charge is 0.192 e. The van der Waals surface area contributed by atoms with Gasteiger partial charge in [0.05, 0.1) is 79.3 Å². The molecule has 5 rings (SSSR count). The van der Waals surface area contributed by atoms with Crippen molar-refractivity contribution in [1.82, 2.24) is 0 Å². The van der Waals surface area contributed by atoms with E-state index in [0.717, 1.165) is 55.2 Å². The Morgan fingerprint density at radius 1 is 0.820 bits per heavy atom. The van der Waals surface area contributed by atoms with Crippen LogP contribution < -0.4 is 0 Å². The van der Waals surface area contributed by atoms with Gasteiger partial charge in [0, 0.05) is 32.3 Å². The molecule has 0 N–H and O–H groups in total. The molecule has 0 saturated carbocycles. The molecule has 0 spiro atoms. The number of methoxy groups -OCH3 is 1. The highest BCUT2D eigenvalue weighted by Crippen LogP contribution is 2.44. The molecule has 0 aliphatic carbocycles. The summed E-state index contributed by atoms with van der Waals surface area (Å²) in [5.74, 6) is -0.324. The average Bonchev–Trinajstić information content (AvgIpc) is 3.88. The third-order valence-corrected chi connectivity index (χ3v) is 25.7. The summed E-state index contributed by atoms with van der Waals surface area (Å²) < 4.78 is 80.6. The largest absolute Gasteiger partial charge is 0.414 e. The molecule has 0 bridgehead atoms. The molecule has 0 aromatic heterocycles. The van der Waals surface area contributed by atoms with Gasteiger partial charge in [0.1, 0.15) is 0 Å². The highest BCUT2D eigenvalue weighted by Gasteiger charge is 2.50. The topological polar surface area (TPSA) is 108 Å².